The lowest BCUT2D eigenvalue weighted by Gasteiger charge is -2.35. The molecule has 0 unspecified atom stereocenters. The second kappa shape index (κ2) is 3.01. The summed E-state index contributed by atoms with van der Waals surface area (Å²) in [6.45, 7) is 2.16. The van der Waals surface area contributed by atoms with Crippen molar-refractivity contribution in [2.75, 3.05) is 6.61 Å². The number of hydrogen-bond acceptors (Lipinski definition) is 2. The number of carbonyl (C=O) groups excluding carboxylic acids is 1. The lowest BCUT2D eigenvalue weighted by molar-refractivity contribution is -0.135. The van der Waals surface area contributed by atoms with Gasteiger partial charge in [0.25, 0.3) is 0 Å². The molecule has 58 valence electrons. The van der Waals surface area contributed by atoms with Gasteiger partial charge in [-0.05, 0) is 12.8 Å². The molecule has 10 heavy (non-hydrogen) atoms. The van der Waals surface area contributed by atoms with E-state index in [1.807, 2.05) is 6.92 Å². The van der Waals surface area contributed by atoms with Gasteiger partial charge in [0, 0.05) is 12.6 Å². The molecule has 2 N–H and O–H groups in total. The second-order valence-electron chi connectivity index (χ2n) is 2.64. The second-order valence-corrected chi connectivity index (χ2v) is 2.64. The quantitative estimate of drug-likeness (QED) is 0.542. The highest BCUT2D eigenvalue weighted by Gasteiger charge is 2.36. The molecule has 0 aliphatic carbocycles. The zero-order valence-electron chi connectivity index (χ0n) is 6.13. The molecular weight excluding hydrogens is 130 g/mol. The summed E-state index contributed by atoms with van der Waals surface area (Å²) < 4.78 is 0. The van der Waals surface area contributed by atoms with Crippen LogP contribution < -0.4 is 5.32 Å². The molecule has 0 aromatic heterocycles. The highest BCUT2D eigenvalue weighted by Crippen LogP contribution is 2.20. The Morgan fingerprint density at radius 3 is 2.80 bits per heavy atom. The van der Waals surface area contributed by atoms with Gasteiger partial charge in [0.15, 0.2) is 0 Å². The molecule has 0 bridgehead atoms. The molecule has 1 rings (SSSR count). The number of nitrogens with one attached hydrogen (secondary N) is 1. The molecular formula is C7H13NO2. The van der Waals surface area contributed by atoms with Crippen LogP contribution in [0.1, 0.15) is 19.8 Å². The van der Waals surface area contributed by atoms with Gasteiger partial charge in [-0.15, -0.1) is 0 Å². The largest absolute Gasteiger partial charge is 0.396 e. The molecule has 0 radical (unpaired) electrons. The fourth-order valence-electron chi connectivity index (χ4n) is 1.36. The van der Waals surface area contributed by atoms with Crippen molar-refractivity contribution in [1.29, 1.82) is 0 Å². The number of rotatable bonds is 3. The van der Waals surface area contributed by atoms with Crippen LogP contribution in [0.15, 0.2) is 0 Å². The van der Waals surface area contributed by atoms with Crippen molar-refractivity contribution >= 4 is 5.91 Å². The molecule has 1 aliphatic rings. The molecule has 0 aromatic carbocycles. The number of aliphatic hydroxyl groups is 1. The minimum Gasteiger partial charge on any atom is -0.396 e. The summed E-state index contributed by atoms with van der Waals surface area (Å²) in [5.41, 5.74) is 0. The summed E-state index contributed by atoms with van der Waals surface area (Å²) in [7, 11) is 0. The van der Waals surface area contributed by atoms with Crippen LogP contribution in [0.4, 0.5) is 0 Å². The number of β-lactam (4-membered cyclic amide) rings is 1. The molecule has 1 saturated heterocycles. The zero-order chi connectivity index (χ0) is 7.56. The van der Waals surface area contributed by atoms with Gasteiger partial charge in [0.2, 0.25) is 5.91 Å². The van der Waals surface area contributed by atoms with Gasteiger partial charge >= 0.3 is 0 Å². The first-order valence-corrected chi connectivity index (χ1v) is 3.70. The van der Waals surface area contributed by atoms with E-state index in [1.54, 1.807) is 0 Å². The Hall–Kier alpha value is -0.570. The summed E-state index contributed by atoms with van der Waals surface area (Å²) in [5, 5.41) is 11.3. The van der Waals surface area contributed by atoms with Crippen LogP contribution in [-0.2, 0) is 4.79 Å². The maximum Gasteiger partial charge on any atom is 0.225 e. The van der Waals surface area contributed by atoms with E-state index < -0.39 is 0 Å². The molecule has 0 saturated carbocycles. The average molecular weight is 143 g/mol. The normalized spacial score (nSPS) is 31.2. The Balaban J connectivity index is 2.30. The van der Waals surface area contributed by atoms with Gasteiger partial charge < -0.3 is 10.4 Å². The molecule has 0 spiro atoms. The van der Waals surface area contributed by atoms with Gasteiger partial charge in [-0.1, -0.05) is 6.92 Å². The fourth-order valence-corrected chi connectivity index (χ4v) is 1.36. The predicted molar refractivity (Wildman–Crippen MR) is 37.4 cm³/mol. The molecule has 3 heteroatoms. The number of carbonyl (C=O) groups is 1. The number of amides is 1. The maximum absolute atomic E-state index is 10.8. The first kappa shape index (κ1) is 7.54. The predicted octanol–water partition coefficient (Wildman–Crippen LogP) is -0.107. The summed E-state index contributed by atoms with van der Waals surface area (Å²) in [5.74, 6) is 0.299. The lowest BCUT2D eigenvalue weighted by Crippen LogP contribution is -2.58. The monoisotopic (exact) mass is 143 g/mol. The SMILES string of the molecule is CC[C@@H]1C(=O)N[C@H]1CCO. The van der Waals surface area contributed by atoms with Crippen molar-refractivity contribution in [3.8, 4) is 0 Å². The Kier molecular flexibility index (Phi) is 2.27. The van der Waals surface area contributed by atoms with E-state index in [0.29, 0.717) is 6.42 Å². The molecule has 1 fully saturated rings. The summed E-state index contributed by atoms with van der Waals surface area (Å²) in [4.78, 5) is 10.8. The van der Waals surface area contributed by atoms with Crippen molar-refractivity contribution in [2.24, 2.45) is 5.92 Å². The third-order valence-electron chi connectivity index (χ3n) is 2.03. The van der Waals surface area contributed by atoms with Crippen LogP contribution in [0.5, 0.6) is 0 Å². The van der Waals surface area contributed by atoms with E-state index in [1.165, 1.54) is 0 Å². The molecule has 1 amide bonds. The summed E-state index contributed by atoms with van der Waals surface area (Å²) in [6.07, 6.45) is 1.58. The van der Waals surface area contributed by atoms with E-state index in [4.69, 9.17) is 5.11 Å². The van der Waals surface area contributed by atoms with Crippen LogP contribution in [0, 0.1) is 5.92 Å². The van der Waals surface area contributed by atoms with E-state index in [9.17, 15) is 4.79 Å². The molecule has 1 aliphatic heterocycles. The van der Waals surface area contributed by atoms with Crippen LogP contribution in [0.2, 0.25) is 0 Å². The van der Waals surface area contributed by atoms with E-state index in [-0.39, 0.29) is 24.5 Å². The topological polar surface area (TPSA) is 49.3 Å². The van der Waals surface area contributed by atoms with Gasteiger partial charge in [-0.2, -0.15) is 0 Å². The maximum atomic E-state index is 10.8. The van der Waals surface area contributed by atoms with Crippen molar-refractivity contribution in [3.05, 3.63) is 0 Å². The van der Waals surface area contributed by atoms with Crippen LogP contribution >= 0.6 is 0 Å². The van der Waals surface area contributed by atoms with Crippen molar-refractivity contribution < 1.29 is 9.90 Å². The van der Waals surface area contributed by atoms with Crippen molar-refractivity contribution in [2.45, 2.75) is 25.8 Å². The van der Waals surface area contributed by atoms with Crippen LogP contribution in [0.25, 0.3) is 0 Å². The molecule has 1 heterocycles. The number of aliphatic hydroxyl groups excluding tert-OH is 1. The fraction of sp³-hybridized carbons (Fsp3) is 0.857. The van der Waals surface area contributed by atoms with Gasteiger partial charge in [-0.3, -0.25) is 4.79 Å². The smallest absolute Gasteiger partial charge is 0.225 e. The Morgan fingerprint density at radius 2 is 2.40 bits per heavy atom. The first-order valence-electron chi connectivity index (χ1n) is 3.70. The third-order valence-corrected chi connectivity index (χ3v) is 2.03. The Morgan fingerprint density at radius 1 is 1.70 bits per heavy atom. The minimum absolute atomic E-state index is 0.140. The van der Waals surface area contributed by atoms with Crippen molar-refractivity contribution in [1.82, 2.24) is 5.32 Å². The lowest BCUT2D eigenvalue weighted by atomic mass is 9.86. The van der Waals surface area contributed by atoms with E-state index in [2.05, 4.69) is 5.32 Å². The van der Waals surface area contributed by atoms with Gasteiger partial charge in [0.05, 0.1) is 5.92 Å². The minimum atomic E-state index is 0.140. The highest BCUT2D eigenvalue weighted by molar-refractivity contribution is 5.85. The van der Waals surface area contributed by atoms with E-state index >= 15 is 0 Å². The zero-order valence-corrected chi connectivity index (χ0v) is 6.13. The van der Waals surface area contributed by atoms with Crippen molar-refractivity contribution in [3.63, 3.8) is 0 Å². The average Bonchev–Trinajstić information content (AvgIpc) is 1.88. The summed E-state index contributed by atoms with van der Waals surface area (Å²) in [6, 6.07) is 0.238. The third kappa shape index (κ3) is 1.14. The molecule has 0 aromatic rings. The Labute approximate surface area is 60.4 Å². The van der Waals surface area contributed by atoms with E-state index in [0.717, 1.165) is 6.42 Å². The van der Waals surface area contributed by atoms with Gasteiger partial charge in [0.1, 0.15) is 0 Å². The van der Waals surface area contributed by atoms with Gasteiger partial charge in [-0.25, -0.2) is 0 Å². The molecule has 2 atom stereocenters. The molecule has 3 nitrogen and oxygen atoms in total. The van der Waals surface area contributed by atoms with Crippen LogP contribution in [0.3, 0.4) is 0 Å². The summed E-state index contributed by atoms with van der Waals surface area (Å²) >= 11 is 0. The standard InChI is InChI=1S/C7H13NO2/c1-2-5-6(3-4-9)8-7(5)10/h5-6,9H,2-4H2,1H3,(H,8,10)/t5-,6-/m0/s1. The Bertz CT molecular complexity index is 136. The van der Waals surface area contributed by atoms with Crippen LogP contribution in [-0.4, -0.2) is 23.7 Å². The number of hydrogen-bond donors (Lipinski definition) is 2. The highest BCUT2D eigenvalue weighted by atomic mass is 16.3. The first-order chi connectivity index (χ1) is 4.79.